The molecule has 0 aliphatic heterocycles. The van der Waals surface area contributed by atoms with E-state index in [1.165, 1.54) is 6.92 Å². The average molecular weight is 233 g/mol. The van der Waals surface area contributed by atoms with Gasteiger partial charge in [-0.15, -0.1) is 0 Å². The number of nitrogens with one attached hydrogen (secondary N) is 1. The first-order chi connectivity index (χ1) is 7.51. The van der Waals surface area contributed by atoms with Gasteiger partial charge >= 0.3 is 0 Å². The molecule has 6 heteroatoms. The van der Waals surface area contributed by atoms with Crippen LogP contribution in [0.15, 0.2) is 0 Å². The summed E-state index contributed by atoms with van der Waals surface area (Å²) >= 11 is 0. The fourth-order valence-corrected chi connectivity index (χ4v) is 2.28. The highest BCUT2D eigenvalue weighted by Crippen LogP contribution is 2.30. The Hall–Kier alpha value is -0.690. The Balaban J connectivity index is 2.74. The van der Waals surface area contributed by atoms with Gasteiger partial charge < -0.3 is 25.7 Å². The molecule has 1 aliphatic carbocycles. The highest BCUT2D eigenvalue weighted by Gasteiger charge is 2.42. The Kier molecular flexibility index (Phi) is 4.67. The SMILES string of the molecule is CC(=O)NC1CC(CO)C(CO)C(O)C1O. The topological polar surface area (TPSA) is 110 Å². The second kappa shape index (κ2) is 5.58. The number of hydrogen-bond donors (Lipinski definition) is 5. The van der Waals surface area contributed by atoms with Gasteiger partial charge in [-0.2, -0.15) is 0 Å². The minimum Gasteiger partial charge on any atom is -0.396 e. The van der Waals surface area contributed by atoms with Crippen molar-refractivity contribution in [3.63, 3.8) is 0 Å². The third-order valence-corrected chi connectivity index (χ3v) is 3.20. The van der Waals surface area contributed by atoms with Gasteiger partial charge in [-0.05, 0) is 12.3 Å². The van der Waals surface area contributed by atoms with E-state index < -0.39 is 24.2 Å². The zero-order valence-electron chi connectivity index (χ0n) is 9.21. The van der Waals surface area contributed by atoms with Gasteiger partial charge in [0.1, 0.15) is 6.10 Å². The van der Waals surface area contributed by atoms with Crippen LogP contribution in [0, 0.1) is 11.8 Å². The number of hydrogen-bond acceptors (Lipinski definition) is 5. The molecular weight excluding hydrogens is 214 g/mol. The van der Waals surface area contributed by atoms with Crippen LogP contribution in [0.4, 0.5) is 0 Å². The normalized spacial score (nSPS) is 39.4. The van der Waals surface area contributed by atoms with E-state index in [0.717, 1.165) is 0 Å². The van der Waals surface area contributed by atoms with Crippen molar-refractivity contribution < 1.29 is 25.2 Å². The Morgan fingerprint density at radius 2 is 1.88 bits per heavy atom. The van der Waals surface area contributed by atoms with Crippen LogP contribution in [-0.2, 0) is 4.79 Å². The van der Waals surface area contributed by atoms with Crippen molar-refractivity contribution in [2.75, 3.05) is 13.2 Å². The molecular formula is C10H19NO5. The van der Waals surface area contributed by atoms with Crippen LogP contribution >= 0.6 is 0 Å². The van der Waals surface area contributed by atoms with Gasteiger partial charge in [0.25, 0.3) is 0 Å². The van der Waals surface area contributed by atoms with E-state index in [1.54, 1.807) is 0 Å². The molecule has 0 bridgehead atoms. The summed E-state index contributed by atoms with van der Waals surface area (Å²) in [7, 11) is 0. The molecule has 0 saturated heterocycles. The van der Waals surface area contributed by atoms with Gasteiger partial charge in [-0.3, -0.25) is 4.79 Å². The number of rotatable bonds is 3. The van der Waals surface area contributed by atoms with Crippen LogP contribution in [0.5, 0.6) is 0 Å². The summed E-state index contributed by atoms with van der Waals surface area (Å²) in [4.78, 5) is 10.9. The van der Waals surface area contributed by atoms with Crippen molar-refractivity contribution in [3.05, 3.63) is 0 Å². The lowest BCUT2D eigenvalue weighted by Gasteiger charge is -2.41. The largest absolute Gasteiger partial charge is 0.396 e. The van der Waals surface area contributed by atoms with Crippen molar-refractivity contribution >= 4 is 5.91 Å². The molecule has 94 valence electrons. The van der Waals surface area contributed by atoms with E-state index in [1.807, 2.05) is 0 Å². The van der Waals surface area contributed by atoms with Crippen LogP contribution < -0.4 is 5.32 Å². The molecule has 1 fully saturated rings. The lowest BCUT2D eigenvalue weighted by Crippen LogP contribution is -2.58. The number of amides is 1. The predicted molar refractivity (Wildman–Crippen MR) is 55.4 cm³/mol. The quantitative estimate of drug-likeness (QED) is 0.381. The molecule has 5 atom stereocenters. The van der Waals surface area contributed by atoms with Crippen molar-refractivity contribution in [2.45, 2.75) is 31.6 Å². The molecule has 0 radical (unpaired) electrons. The second-order valence-corrected chi connectivity index (χ2v) is 4.31. The number of carbonyl (C=O) groups is 1. The minimum absolute atomic E-state index is 0.189. The molecule has 0 aromatic rings. The smallest absolute Gasteiger partial charge is 0.217 e. The summed E-state index contributed by atoms with van der Waals surface area (Å²) in [5.41, 5.74) is 0. The maximum atomic E-state index is 10.9. The van der Waals surface area contributed by atoms with E-state index in [4.69, 9.17) is 10.2 Å². The van der Waals surface area contributed by atoms with Crippen LogP contribution in [-0.4, -0.2) is 57.8 Å². The fourth-order valence-electron chi connectivity index (χ4n) is 2.28. The number of carbonyl (C=O) groups excluding carboxylic acids is 1. The van der Waals surface area contributed by atoms with Crippen molar-refractivity contribution in [2.24, 2.45) is 11.8 Å². The van der Waals surface area contributed by atoms with Gasteiger partial charge in [0, 0.05) is 26.1 Å². The minimum atomic E-state index is -1.13. The van der Waals surface area contributed by atoms with Crippen LogP contribution in [0.3, 0.4) is 0 Å². The zero-order valence-corrected chi connectivity index (χ0v) is 9.21. The molecule has 5 unspecified atom stereocenters. The van der Waals surface area contributed by atoms with E-state index in [0.29, 0.717) is 6.42 Å². The van der Waals surface area contributed by atoms with E-state index in [2.05, 4.69) is 5.32 Å². The molecule has 0 heterocycles. The Bertz CT molecular complexity index is 245. The van der Waals surface area contributed by atoms with Gasteiger partial charge in [-0.1, -0.05) is 0 Å². The summed E-state index contributed by atoms with van der Waals surface area (Å²) in [6.07, 6.45) is -1.89. The van der Waals surface area contributed by atoms with Gasteiger partial charge in [0.05, 0.1) is 12.1 Å². The lowest BCUT2D eigenvalue weighted by molar-refractivity contribution is -0.128. The fraction of sp³-hybridized carbons (Fsp3) is 0.900. The third-order valence-electron chi connectivity index (χ3n) is 3.20. The standard InChI is InChI=1S/C10H19NO5/c1-5(14)11-8-2-6(3-12)7(4-13)9(15)10(8)16/h6-10,12-13,15-16H,2-4H2,1H3,(H,11,14). The molecule has 1 rings (SSSR count). The monoisotopic (exact) mass is 233 g/mol. The molecule has 5 N–H and O–H groups in total. The number of aliphatic hydroxyl groups excluding tert-OH is 4. The Morgan fingerprint density at radius 3 is 2.31 bits per heavy atom. The third kappa shape index (κ3) is 2.70. The molecule has 1 saturated carbocycles. The Morgan fingerprint density at radius 1 is 1.25 bits per heavy atom. The summed E-state index contributed by atoms with van der Waals surface area (Å²) in [5, 5.41) is 40.2. The zero-order chi connectivity index (χ0) is 12.3. The van der Waals surface area contributed by atoms with E-state index in [9.17, 15) is 15.0 Å². The van der Waals surface area contributed by atoms with E-state index >= 15 is 0 Å². The van der Waals surface area contributed by atoms with Crippen molar-refractivity contribution in [1.29, 1.82) is 0 Å². The summed E-state index contributed by atoms with van der Waals surface area (Å²) in [5.74, 6) is -1.17. The van der Waals surface area contributed by atoms with Gasteiger partial charge in [0.15, 0.2) is 0 Å². The van der Waals surface area contributed by atoms with E-state index in [-0.39, 0.29) is 25.0 Å². The molecule has 0 aromatic carbocycles. The molecule has 0 aromatic heterocycles. The summed E-state index contributed by atoms with van der Waals surface area (Å²) < 4.78 is 0. The molecule has 1 amide bonds. The lowest BCUT2D eigenvalue weighted by atomic mass is 9.74. The predicted octanol–water partition coefficient (Wildman–Crippen LogP) is -2.17. The van der Waals surface area contributed by atoms with Gasteiger partial charge in [0.2, 0.25) is 5.91 Å². The van der Waals surface area contributed by atoms with Crippen LogP contribution in [0.25, 0.3) is 0 Å². The first kappa shape index (κ1) is 13.4. The summed E-state index contributed by atoms with van der Waals surface area (Å²) in [6, 6.07) is -0.576. The van der Waals surface area contributed by atoms with Crippen molar-refractivity contribution in [1.82, 2.24) is 5.32 Å². The second-order valence-electron chi connectivity index (χ2n) is 4.31. The summed E-state index contributed by atoms with van der Waals surface area (Å²) in [6.45, 7) is 0.840. The average Bonchev–Trinajstić information content (AvgIpc) is 2.24. The van der Waals surface area contributed by atoms with Crippen molar-refractivity contribution in [3.8, 4) is 0 Å². The Labute approximate surface area is 93.9 Å². The van der Waals surface area contributed by atoms with Crippen LogP contribution in [0.2, 0.25) is 0 Å². The highest BCUT2D eigenvalue weighted by molar-refractivity contribution is 5.73. The first-order valence-electron chi connectivity index (χ1n) is 5.36. The maximum Gasteiger partial charge on any atom is 0.217 e. The molecule has 16 heavy (non-hydrogen) atoms. The highest BCUT2D eigenvalue weighted by atomic mass is 16.3. The molecule has 1 aliphatic rings. The maximum absolute atomic E-state index is 10.9. The molecule has 6 nitrogen and oxygen atoms in total. The molecule has 0 spiro atoms. The number of aliphatic hydroxyl groups is 4. The first-order valence-corrected chi connectivity index (χ1v) is 5.36. The van der Waals surface area contributed by atoms with Crippen LogP contribution in [0.1, 0.15) is 13.3 Å². The van der Waals surface area contributed by atoms with Gasteiger partial charge in [-0.25, -0.2) is 0 Å².